The minimum Gasteiger partial charge on any atom is -0.444 e. The molecule has 0 saturated carbocycles. The van der Waals surface area contributed by atoms with Crippen LogP contribution in [-0.4, -0.2) is 24.1 Å². The maximum atomic E-state index is 13.6. The summed E-state index contributed by atoms with van der Waals surface area (Å²) in [5, 5.41) is 9.95. The molecule has 0 spiro atoms. The minimum absolute atomic E-state index is 0.155. The molecule has 0 bridgehead atoms. The van der Waals surface area contributed by atoms with Crippen LogP contribution < -0.4 is 5.56 Å². The first-order chi connectivity index (χ1) is 17.1. The summed E-state index contributed by atoms with van der Waals surface area (Å²) in [4.78, 5) is 17.9. The van der Waals surface area contributed by atoms with Gasteiger partial charge >= 0.3 is 0 Å². The second-order valence-corrected chi connectivity index (χ2v) is 9.00. The normalized spacial score (nSPS) is 11.5. The van der Waals surface area contributed by atoms with Crippen molar-refractivity contribution in [3.05, 3.63) is 106 Å². The van der Waals surface area contributed by atoms with Crippen molar-refractivity contribution in [2.24, 2.45) is 0 Å². The highest BCUT2D eigenvalue weighted by molar-refractivity contribution is 7.98. The Morgan fingerprint density at radius 1 is 1.00 bits per heavy atom. The molecule has 35 heavy (non-hydrogen) atoms. The van der Waals surface area contributed by atoms with Gasteiger partial charge in [0.05, 0.1) is 22.3 Å². The number of hydrogen-bond acceptors (Lipinski definition) is 6. The number of aryl methyl sites for hydroxylation is 1. The molecule has 0 atom stereocenters. The predicted octanol–water partition coefficient (Wildman–Crippen LogP) is 5.43. The molecule has 0 aliphatic heterocycles. The zero-order chi connectivity index (χ0) is 23.9. The van der Waals surface area contributed by atoms with Crippen molar-refractivity contribution in [2.75, 3.05) is 0 Å². The smallest absolute Gasteiger partial charge is 0.267 e. The third-order valence-corrected chi connectivity index (χ3v) is 6.62. The summed E-state index contributed by atoms with van der Waals surface area (Å²) in [7, 11) is 0. The van der Waals surface area contributed by atoms with Crippen LogP contribution in [0.2, 0.25) is 0 Å². The molecule has 0 aliphatic rings. The number of fused-ring (bicyclic) bond motifs is 3. The average molecular weight is 484 g/mol. The van der Waals surface area contributed by atoms with E-state index in [2.05, 4.69) is 15.2 Å². The molecular formula is C26H18FN5O2S. The van der Waals surface area contributed by atoms with Crippen LogP contribution in [0.4, 0.5) is 4.39 Å². The van der Waals surface area contributed by atoms with Crippen LogP contribution in [0.25, 0.3) is 33.8 Å². The Labute approximate surface area is 202 Å². The van der Waals surface area contributed by atoms with Crippen LogP contribution in [-0.2, 0) is 5.75 Å². The summed E-state index contributed by atoms with van der Waals surface area (Å²) in [6.45, 7) is 2.00. The lowest BCUT2D eigenvalue weighted by Crippen LogP contribution is -2.21. The lowest BCUT2D eigenvalue weighted by atomic mass is 10.2. The molecule has 0 amide bonds. The highest BCUT2D eigenvalue weighted by Crippen LogP contribution is 2.27. The van der Waals surface area contributed by atoms with Gasteiger partial charge in [0.1, 0.15) is 12.1 Å². The van der Waals surface area contributed by atoms with E-state index in [0.29, 0.717) is 39.2 Å². The average Bonchev–Trinajstić information content (AvgIpc) is 3.52. The second-order valence-electron chi connectivity index (χ2n) is 8.05. The Balaban J connectivity index is 1.41. The van der Waals surface area contributed by atoms with E-state index in [0.717, 1.165) is 16.8 Å². The topological polar surface area (TPSA) is 78.2 Å². The Bertz CT molecular complexity index is 1750. The SMILES string of the molecule is Cc1ccc(-n2c(=O)c3ccccc3n3c(SCc4coc(-c5cccc(F)c5)n4)nnc23)cc1. The first-order valence-electron chi connectivity index (χ1n) is 10.9. The van der Waals surface area contributed by atoms with Gasteiger partial charge in [-0.2, -0.15) is 0 Å². The maximum Gasteiger partial charge on any atom is 0.267 e. The van der Waals surface area contributed by atoms with Crippen LogP contribution in [0, 0.1) is 12.7 Å². The number of oxazole rings is 1. The largest absolute Gasteiger partial charge is 0.444 e. The zero-order valence-electron chi connectivity index (χ0n) is 18.6. The molecule has 0 N–H and O–H groups in total. The van der Waals surface area contributed by atoms with Crippen LogP contribution in [0.5, 0.6) is 0 Å². The van der Waals surface area contributed by atoms with Crippen molar-refractivity contribution >= 4 is 28.4 Å². The van der Waals surface area contributed by atoms with E-state index in [-0.39, 0.29) is 11.4 Å². The second kappa shape index (κ2) is 8.52. The van der Waals surface area contributed by atoms with Gasteiger partial charge in [0.2, 0.25) is 11.7 Å². The molecule has 7 nitrogen and oxygen atoms in total. The zero-order valence-corrected chi connectivity index (χ0v) is 19.4. The van der Waals surface area contributed by atoms with E-state index in [1.807, 2.05) is 53.8 Å². The molecule has 0 radical (unpaired) electrons. The van der Waals surface area contributed by atoms with E-state index in [1.165, 1.54) is 23.9 Å². The third kappa shape index (κ3) is 3.79. The van der Waals surface area contributed by atoms with E-state index in [9.17, 15) is 9.18 Å². The summed E-state index contributed by atoms with van der Waals surface area (Å²) in [6.07, 6.45) is 1.55. The standard InChI is InChI=1S/C26H18FN5O2S/c1-16-9-11-20(12-10-16)31-24(33)21-7-2-3-8-22(21)32-25(31)29-30-26(32)35-15-19-14-34-23(28-19)17-5-4-6-18(27)13-17/h2-14H,15H2,1H3. The van der Waals surface area contributed by atoms with Crippen LogP contribution in [0.3, 0.4) is 0 Å². The molecule has 6 rings (SSSR count). The van der Waals surface area contributed by atoms with Crippen LogP contribution in [0.15, 0.2) is 93.4 Å². The minimum atomic E-state index is -0.349. The van der Waals surface area contributed by atoms with E-state index in [4.69, 9.17) is 4.42 Å². The van der Waals surface area contributed by atoms with Crippen molar-refractivity contribution in [3.8, 4) is 17.1 Å². The Morgan fingerprint density at radius 3 is 2.66 bits per heavy atom. The molecule has 3 aromatic carbocycles. The first-order valence-corrected chi connectivity index (χ1v) is 11.9. The van der Waals surface area contributed by atoms with Gasteiger partial charge in [-0.1, -0.05) is 47.7 Å². The highest BCUT2D eigenvalue weighted by Gasteiger charge is 2.18. The molecule has 3 heterocycles. The number of thioether (sulfide) groups is 1. The number of rotatable bonds is 5. The lowest BCUT2D eigenvalue weighted by molar-refractivity contribution is 0.571. The van der Waals surface area contributed by atoms with E-state index < -0.39 is 0 Å². The van der Waals surface area contributed by atoms with Gasteiger partial charge in [-0.15, -0.1) is 10.2 Å². The number of nitrogens with zero attached hydrogens (tertiary/aromatic N) is 5. The Kier molecular flexibility index (Phi) is 5.18. The molecule has 0 aliphatic carbocycles. The van der Waals surface area contributed by atoms with Crippen molar-refractivity contribution in [1.82, 2.24) is 24.1 Å². The molecule has 0 unspecified atom stereocenters. The van der Waals surface area contributed by atoms with Gasteiger partial charge in [-0.3, -0.25) is 9.20 Å². The van der Waals surface area contributed by atoms with Gasteiger partial charge in [0.15, 0.2) is 5.16 Å². The monoisotopic (exact) mass is 483 g/mol. The van der Waals surface area contributed by atoms with E-state index >= 15 is 0 Å². The molecular weight excluding hydrogens is 465 g/mol. The fourth-order valence-corrected chi connectivity index (χ4v) is 4.78. The molecule has 0 fully saturated rings. The van der Waals surface area contributed by atoms with Gasteiger partial charge in [0, 0.05) is 11.3 Å². The summed E-state index contributed by atoms with van der Waals surface area (Å²) in [6, 6.07) is 21.2. The number of halogens is 1. The van der Waals surface area contributed by atoms with Gasteiger partial charge < -0.3 is 4.42 Å². The van der Waals surface area contributed by atoms with Gasteiger partial charge in [-0.05, 0) is 49.4 Å². The quantitative estimate of drug-likeness (QED) is 0.304. The fraction of sp³-hybridized carbons (Fsp3) is 0.0769. The molecule has 0 saturated heterocycles. The molecule has 3 aromatic heterocycles. The summed E-state index contributed by atoms with van der Waals surface area (Å²) < 4.78 is 22.6. The fourth-order valence-electron chi connectivity index (χ4n) is 3.96. The number of benzene rings is 3. The number of hydrogen-bond donors (Lipinski definition) is 0. The molecule has 172 valence electrons. The van der Waals surface area contributed by atoms with Gasteiger partial charge in [0.25, 0.3) is 5.56 Å². The van der Waals surface area contributed by atoms with Crippen molar-refractivity contribution in [3.63, 3.8) is 0 Å². The number of aromatic nitrogens is 5. The van der Waals surface area contributed by atoms with E-state index in [1.54, 1.807) is 29.0 Å². The molecule has 6 aromatic rings. The van der Waals surface area contributed by atoms with Gasteiger partial charge in [-0.25, -0.2) is 13.9 Å². The van der Waals surface area contributed by atoms with Crippen LogP contribution >= 0.6 is 11.8 Å². The Hall–Kier alpha value is -4.24. The van der Waals surface area contributed by atoms with Crippen LogP contribution in [0.1, 0.15) is 11.3 Å². The third-order valence-electron chi connectivity index (χ3n) is 5.66. The highest BCUT2D eigenvalue weighted by atomic mass is 32.2. The summed E-state index contributed by atoms with van der Waals surface area (Å²) >= 11 is 1.43. The maximum absolute atomic E-state index is 13.6. The summed E-state index contributed by atoms with van der Waals surface area (Å²) in [5.74, 6) is 0.890. The van der Waals surface area contributed by atoms with Crippen molar-refractivity contribution < 1.29 is 8.81 Å². The first kappa shape index (κ1) is 21.3. The number of para-hydroxylation sites is 1. The summed E-state index contributed by atoms with van der Waals surface area (Å²) in [5.41, 5.74) is 3.64. The predicted molar refractivity (Wildman–Crippen MR) is 132 cm³/mol. The Morgan fingerprint density at radius 2 is 1.83 bits per heavy atom. The lowest BCUT2D eigenvalue weighted by Gasteiger charge is -2.11. The molecule has 9 heteroatoms. The van der Waals surface area contributed by atoms with Crippen molar-refractivity contribution in [1.29, 1.82) is 0 Å². The van der Waals surface area contributed by atoms with Crippen molar-refractivity contribution in [2.45, 2.75) is 17.8 Å².